The molecule has 6 heteroatoms. The average Bonchev–Trinajstić information content (AvgIpc) is 2.58. The van der Waals surface area contributed by atoms with Crippen molar-refractivity contribution in [1.82, 2.24) is 5.32 Å². The van der Waals surface area contributed by atoms with Crippen LogP contribution in [0.5, 0.6) is 0 Å². The van der Waals surface area contributed by atoms with E-state index < -0.39 is 0 Å². The highest BCUT2D eigenvalue weighted by atomic mass is 32.2. The van der Waals surface area contributed by atoms with E-state index in [1.165, 1.54) is 0 Å². The number of fused-ring (bicyclic) bond motifs is 1. The smallest absolute Gasteiger partial charge is 0.251 e. The lowest BCUT2D eigenvalue weighted by Gasteiger charge is -2.13. The normalized spacial score (nSPS) is 16.0. The first-order chi connectivity index (χ1) is 9.10. The maximum Gasteiger partial charge on any atom is 0.251 e. The fourth-order valence-corrected chi connectivity index (χ4v) is 2.66. The Kier molecular flexibility index (Phi) is 4.44. The molecule has 1 aliphatic heterocycles. The van der Waals surface area contributed by atoms with Crippen LogP contribution < -0.4 is 16.4 Å². The number of rotatable bonds is 3. The number of hydrogen-bond acceptors (Lipinski definition) is 4. The van der Waals surface area contributed by atoms with Crippen LogP contribution in [0.3, 0.4) is 0 Å². The van der Waals surface area contributed by atoms with Crippen LogP contribution in [-0.2, 0) is 4.79 Å². The minimum atomic E-state index is -0.177. The molecule has 1 aliphatic rings. The van der Waals surface area contributed by atoms with Gasteiger partial charge in [0.05, 0.1) is 5.69 Å². The third kappa shape index (κ3) is 3.48. The summed E-state index contributed by atoms with van der Waals surface area (Å²) in [4.78, 5) is 24.5. The zero-order valence-electron chi connectivity index (χ0n) is 10.7. The quantitative estimate of drug-likeness (QED) is 0.776. The summed E-state index contributed by atoms with van der Waals surface area (Å²) >= 11 is 1.62. The lowest BCUT2D eigenvalue weighted by Crippen LogP contribution is -2.37. The van der Waals surface area contributed by atoms with Crippen molar-refractivity contribution in [2.24, 2.45) is 5.73 Å². The summed E-state index contributed by atoms with van der Waals surface area (Å²) in [6.07, 6.45) is 0.491. The fraction of sp³-hybridized carbons (Fsp3) is 0.385. The van der Waals surface area contributed by atoms with Gasteiger partial charge in [0.2, 0.25) is 5.91 Å². The average molecular weight is 279 g/mol. The summed E-state index contributed by atoms with van der Waals surface area (Å²) in [6, 6.07) is 5.27. The van der Waals surface area contributed by atoms with E-state index in [0.29, 0.717) is 24.2 Å². The molecule has 1 heterocycles. The SMILES string of the molecule is C[C@@H](CN)NC(=O)c1ccc2c(c1)NC(=O)CCS2. The van der Waals surface area contributed by atoms with E-state index in [1.807, 2.05) is 13.0 Å². The van der Waals surface area contributed by atoms with E-state index in [-0.39, 0.29) is 17.9 Å². The van der Waals surface area contributed by atoms with Crippen LogP contribution in [0, 0.1) is 0 Å². The molecular formula is C13H17N3O2S. The number of benzene rings is 1. The van der Waals surface area contributed by atoms with Gasteiger partial charge >= 0.3 is 0 Å². The van der Waals surface area contributed by atoms with Gasteiger partial charge in [-0.05, 0) is 25.1 Å². The summed E-state index contributed by atoms with van der Waals surface area (Å²) in [5, 5.41) is 5.62. The Morgan fingerprint density at radius 2 is 2.37 bits per heavy atom. The third-order valence-corrected chi connectivity index (χ3v) is 3.91. The fourth-order valence-electron chi connectivity index (χ4n) is 1.73. The second-order valence-corrected chi connectivity index (χ2v) is 5.60. The molecule has 5 nitrogen and oxygen atoms in total. The van der Waals surface area contributed by atoms with Crippen LogP contribution in [0.1, 0.15) is 23.7 Å². The Hall–Kier alpha value is -1.53. The second kappa shape index (κ2) is 6.08. The Morgan fingerprint density at radius 3 is 3.11 bits per heavy atom. The molecular weight excluding hydrogens is 262 g/mol. The van der Waals surface area contributed by atoms with Crippen LogP contribution in [-0.4, -0.2) is 30.2 Å². The number of anilines is 1. The Balaban J connectivity index is 2.20. The Morgan fingerprint density at radius 1 is 1.58 bits per heavy atom. The van der Waals surface area contributed by atoms with Crippen molar-refractivity contribution >= 4 is 29.3 Å². The molecule has 1 atom stereocenters. The first-order valence-electron chi connectivity index (χ1n) is 6.18. The van der Waals surface area contributed by atoms with E-state index in [4.69, 9.17) is 5.73 Å². The summed E-state index contributed by atoms with van der Waals surface area (Å²) in [6.45, 7) is 2.24. The number of carbonyl (C=O) groups is 2. The Labute approximate surface area is 116 Å². The molecule has 4 N–H and O–H groups in total. The number of nitrogens with two attached hydrogens (primary N) is 1. The highest BCUT2D eigenvalue weighted by molar-refractivity contribution is 7.99. The first-order valence-corrected chi connectivity index (χ1v) is 7.16. The predicted octanol–water partition coefficient (Wildman–Crippen LogP) is 1.20. The van der Waals surface area contributed by atoms with E-state index in [1.54, 1.807) is 23.9 Å². The number of hydrogen-bond donors (Lipinski definition) is 3. The largest absolute Gasteiger partial charge is 0.348 e. The molecule has 0 saturated carbocycles. The molecule has 0 radical (unpaired) electrons. The van der Waals surface area contributed by atoms with Gasteiger partial charge in [-0.15, -0.1) is 11.8 Å². The van der Waals surface area contributed by atoms with E-state index in [9.17, 15) is 9.59 Å². The van der Waals surface area contributed by atoms with Crippen molar-refractivity contribution < 1.29 is 9.59 Å². The maximum absolute atomic E-state index is 12.0. The van der Waals surface area contributed by atoms with Crippen molar-refractivity contribution in [3.8, 4) is 0 Å². The molecule has 19 heavy (non-hydrogen) atoms. The van der Waals surface area contributed by atoms with Crippen LogP contribution in [0.25, 0.3) is 0 Å². The molecule has 2 rings (SSSR count). The van der Waals surface area contributed by atoms with Gasteiger partial charge in [-0.25, -0.2) is 0 Å². The molecule has 102 valence electrons. The zero-order chi connectivity index (χ0) is 13.8. The van der Waals surface area contributed by atoms with Crippen LogP contribution in [0.4, 0.5) is 5.69 Å². The number of carbonyl (C=O) groups excluding carboxylic acids is 2. The third-order valence-electron chi connectivity index (χ3n) is 2.83. The van der Waals surface area contributed by atoms with Gasteiger partial charge in [-0.2, -0.15) is 0 Å². The van der Waals surface area contributed by atoms with Gasteiger partial charge in [0.15, 0.2) is 0 Å². The van der Waals surface area contributed by atoms with Gasteiger partial charge in [-0.1, -0.05) is 0 Å². The molecule has 2 amide bonds. The van der Waals surface area contributed by atoms with Gasteiger partial charge in [0, 0.05) is 35.2 Å². The number of amides is 2. The standard InChI is InChI=1S/C13H17N3O2S/c1-8(7-14)15-13(18)9-2-3-11-10(6-9)16-12(17)4-5-19-11/h2-3,6,8H,4-5,7,14H2,1H3,(H,15,18)(H,16,17)/t8-/m0/s1. The molecule has 0 aromatic heterocycles. The summed E-state index contributed by atoms with van der Waals surface area (Å²) < 4.78 is 0. The van der Waals surface area contributed by atoms with Gasteiger partial charge in [0.1, 0.15) is 0 Å². The van der Waals surface area contributed by atoms with E-state index in [2.05, 4.69) is 10.6 Å². The number of thioether (sulfide) groups is 1. The van der Waals surface area contributed by atoms with E-state index >= 15 is 0 Å². The zero-order valence-corrected chi connectivity index (χ0v) is 11.5. The summed E-state index contributed by atoms with van der Waals surface area (Å²) in [7, 11) is 0. The Bertz CT molecular complexity index is 505. The molecule has 1 aromatic rings. The lowest BCUT2D eigenvalue weighted by molar-refractivity contribution is -0.115. The highest BCUT2D eigenvalue weighted by Crippen LogP contribution is 2.31. The van der Waals surface area contributed by atoms with Crippen LogP contribution in [0.2, 0.25) is 0 Å². The molecule has 0 unspecified atom stereocenters. The van der Waals surface area contributed by atoms with Crippen molar-refractivity contribution in [3.63, 3.8) is 0 Å². The van der Waals surface area contributed by atoms with Crippen LogP contribution >= 0.6 is 11.8 Å². The maximum atomic E-state index is 12.0. The summed E-state index contributed by atoms with van der Waals surface area (Å²) in [5.74, 6) is 0.567. The van der Waals surface area contributed by atoms with Crippen LogP contribution in [0.15, 0.2) is 23.1 Å². The second-order valence-electron chi connectivity index (χ2n) is 4.47. The monoisotopic (exact) mass is 279 g/mol. The van der Waals surface area contributed by atoms with Crippen molar-refractivity contribution in [2.45, 2.75) is 24.3 Å². The van der Waals surface area contributed by atoms with Gasteiger partial charge < -0.3 is 16.4 Å². The van der Waals surface area contributed by atoms with Crippen molar-refractivity contribution in [3.05, 3.63) is 23.8 Å². The molecule has 1 aromatic carbocycles. The molecule has 0 aliphatic carbocycles. The minimum Gasteiger partial charge on any atom is -0.348 e. The van der Waals surface area contributed by atoms with E-state index in [0.717, 1.165) is 10.6 Å². The minimum absolute atomic E-state index is 0.0147. The van der Waals surface area contributed by atoms with Crippen molar-refractivity contribution in [1.29, 1.82) is 0 Å². The molecule has 0 spiro atoms. The van der Waals surface area contributed by atoms with Gasteiger partial charge in [0.25, 0.3) is 5.91 Å². The molecule has 0 bridgehead atoms. The summed E-state index contributed by atoms with van der Waals surface area (Å²) in [5.41, 5.74) is 6.71. The first kappa shape index (κ1) is 13.9. The topological polar surface area (TPSA) is 84.2 Å². The molecule has 0 fully saturated rings. The molecule has 0 saturated heterocycles. The highest BCUT2D eigenvalue weighted by Gasteiger charge is 2.16. The van der Waals surface area contributed by atoms with Crippen molar-refractivity contribution in [2.75, 3.05) is 17.6 Å². The number of nitrogens with one attached hydrogen (secondary N) is 2. The lowest BCUT2D eigenvalue weighted by atomic mass is 10.1. The van der Waals surface area contributed by atoms with Gasteiger partial charge in [-0.3, -0.25) is 9.59 Å². The predicted molar refractivity (Wildman–Crippen MR) is 76.4 cm³/mol.